The van der Waals surface area contributed by atoms with Gasteiger partial charge in [-0.05, 0) is 43.5 Å². The number of halogens is 1. The number of carbonyl (C=O) groups is 2. The van der Waals surface area contributed by atoms with Gasteiger partial charge in [0, 0.05) is 11.1 Å². The highest BCUT2D eigenvalue weighted by Gasteiger charge is 2.49. The second-order valence-electron chi connectivity index (χ2n) is 7.90. The highest BCUT2D eigenvalue weighted by molar-refractivity contribution is 6.46. The van der Waals surface area contributed by atoms with E-state index in [1.165, 1.54) is 7.11 Å². The van der Waals surface area contributed by atoms with Crippen LogP contribution in [-0.2, 0) is 9.59 Å². The van der Waals surface area contributed by atoms with E-state index in [0.717, 1.165) is 36.8 Å². The Hall–Kier alpha value is -2.79. The molecule has 0 spiro atoms. The summed E-state index contributed by atoms with van der Waals surface area (Å²) in [5.41, 5.74) is 2.21. The summed E-state index contributed by atoms with van der Waals surface area (Å²) in [7, 11) is 1.48. The van der Waals surface area contributed by atoms with Gasteiger partial charge in [-0.2, -0.15) is 0 Å². The SMILES string of the molecule is COc1ccc(Cl)cc1/C(O)=C1\C(=O)C(=O)N(C2CCCC2)C1c1cccc(C)c1. The average molecular weight is 426 g/mol. The first kappa shape index (κ1) is 20.5. The summed E-state index contributed by atoms with van der Waals surface area (Å²) >= 11 is 6.14. The lowest BCUT2D eigenvalue weighted by Crippen LogP contribution is -2.37. The zero-order valence-electron chi connectivity index (χ0n) is 17.0. The third-order valence-corrected chi connectivity index (χ3v) is 6.21. The molecular formula is C24H24ClNO4. The van der Waals surface area contributed by atoms with E-state index in [1.807, 2.05) is 31.2 Å². The van der Waals surface area contributed by atoms with Gasteiger partial charge in [0.25, 0.3) is 11.7 Å². The lowest BCUT2D eigenvalue weighted by Gasteiger charge is -2.31. The van der Waals surface area contributed by atoms with E-state index in [-0.39, 0.29) is 17.4 Å². The lowest BCUT2D eigenvalue weighted by atomic mass is 9.93. The number of carbonyl (C=O) groups excluding carboxylic acids is 2. The number of hydrogen-bond donors (Lipinski definition) is 1. The van der Waals surface area contributed by atoms with Crippen molar-refractivity contribution >= 4 is 29.1 Å². The van der Waals surface area contributed by atoms with Gasteiger partial charge in [-0.25, -0.2) is 0 Å². The van der Waals surface area contributed by atoms with Crippen molar-refractivity contribution < 1.29 is 19.4 Å². The molecule has 4 rings (SSSR count). The number of hydrogen-bond acceptors (Lipinski definition) is 4. The number of Topliss-reactive ketones (excluding diaryl/α,β-unsaturated/α-hetero) is 1. The summed E-state index contributed by atoms with van der Waals surface area (Å²) in [6.07, 6.45) is 3.76. The van der Waals surface area contributed by atoms with Gasteiger partial charge in [-0.1, -0.05) is 54.3 Å². The predicted molar refractivity (Wildman–Crippen MR) is 116 cm³/mol. The Bertz CT molecular complexity index is 1040. The van der Waals surface area contributed by atoms with E-state index in [1.54, 1.807) is 23.1 Å². The minimum absolute atomic E-state index is 0.0153. The van der Waals surface area contributed by atoms with Crippen LogP contribution in [0.25, 0.3) is 5.76 Å². The van der Waals surface area contributed by atoms with Crippen LogP contribution in [0.15, 0.2) is 48.0 Å². The Morgan fingerprint density at radius 3 is 2.53 bits per heavy atom. The molecule has 1 amide bonds. The lowest BCUT2D eigenvalue weighted by molar-refractivity contribution is -0.141. The first-order valence-corrected chi connectivity index (χ1v) is 10.5. The van der Waals surface area contributed by atoms with E-state index in [2.05, 4.69) is 0 Å². The van der Waals surface area contributed by atoms with Gasteiger partial charge >= 0.3 is 0 Å². The summed E-state index contributed by atoms with van der Waals surface area (Å²) in [5, 5.41) is 11.6. The number of ether oxygens (including phenoxy) is 1. The van der Waals surface area contributed by atoms with Crippen molar-refractivity contribution in [3.05, 3.63) is 69.8 Å². The number of ketones is 1. The molecule has 0 bridgehead atoms. The minimum Gasteiger partial charge on any atom is -0.507 e. The fourth-order valence-electron chi connectivity index (χ4n) is 4.59. The summed E-state index contributed by atoms with van der Waals surface area (Å²) in [6, 6.07) is 11.9. The van der Waals surface area contributed by atoms with Crippen LogP contribution in [-0.4, -0.2) is 34.8 Å². The molecule has 30 heavy (non-hydrogen) atoms. The van der Waals surface area contributed by atoms with Crippen LogP contribution < -0.4 is 4.74 Å². The number of methoxy groups -OCH3 is 1. The van der Waals surface area contributed by atoms with Crippen molar-refractivity contribution in [2.45, 2.75) is 44.7 Å². The summed E-state index contributed by atoms with van der Waals surface area (Å²) < 4.78 is 5.37. The average Bonchev–Trinajstić information content (AvgIpc) is 3.34. The molecule has 1 saturated carbocycles. The molecule has 1 heterocycles. The highest BCUT2D eigenvalue weighted by atomic mass is 35.5. The molecule has 5 nitrogen and oxygen atoms in total. The number of amides is 1. The van der Waals surface area contributed by atoms with Crippen molar-refractivity contribution in [2.24, 2.45) is 0 Å². The number of likely N-dealkylation sites (tertiary alicyclic amines) is 1. The van der Waals surface area contributed by atoms with Crippen LogP contribution in [0, 0.1) is 6.92 Å². The number of aliphatic hydroxyl groups excluding tert-OH is 1. The monoisotopic (exact) mass is 425 g/mol. The van der Waals surface area contributed by atoms with Gasteiger partial charge in [0.15, 0.2) is 0 Å². The zero-order chi connectivity index (χ0) is 21.4. The van der Waals surface area contributed by atoms with Crippen LogP contribution in [0.2, 0.25) is 5.02 Å². The fourth-order valence-corrected chi connectivity index (χ4v) is 4.76. The molecule has 6 heteroatoms. The third-order valence-electron chi connectivity index (χ3n) is 5.97. The van der Waals surface area contributed by atoms with Crippen LogP contribution in [0.3, 0.4) is 0 Å². The van der Waals surface area contributed by atoms with Gasteiger partial charge in [-0.15, -0.1) is 0 Å². The second kappa shape index (κ2) is 8.15. The Morgan fingerprint density at radius 1 is 1.13 bits per heavy atom. The molecule has 1 saturated heterocycles. The van der Waals surface area contributed by atoms with Crippen molar-refractivity contribution in [1.82, 2.24) is 4.90 Å². The largest absolute Gasteiger partial charge is 0.507 e. The molecule has 2 fully saturated rings. The summed E-state index contributed by atoms with van der Waals surface area (Å²) in [4.78, 5) is 27.9. The molecule has 1 N–H and O–H groups in total. The third kappa shape index (κ3) is 3.47. The van der Waals surface area contributed by atoms with Crippen molar-refractivity contribution in [3.8, 4) is 5.75 Å². The van der Waals surface area contributed by atoms with Gasteiger partial charge in [0.05, 0.1) is 24.3 Å². The second-order valence-corrected chi connectivity index (χ2v) is 8.34. The van der Waals surface area contributed by atoms with Crippen LogP contribution in [0.5, 0.6) is 5.75 Å². The molecule has 2 aromatic carbocycles. The van der Waals surface area contributed by atoms with E-state index < -0.39 is 17.7 Å². The quantitative estimate of drug-likeness (QED) is 0.424. The maximum Gasteiger partial charge on any atom is 0.295 e. The zero-order valence-corrected chi connectivity index (χ0v) is 17.8. The van der Waals surface area contributed by atoms with Gasteiger partial charge in [0.1, 0.15) is 11.5 Å². The Kier molecular flexibility index (Phi) is 5.56. The molecule has 1 aliphatic carbocycles. The van der Waals surface area contributed by atoms with Gasteiger partial charge in [0.2, 0.25) is 0 Å². The van der Waals surface area contributed by atoms with E-state index in [0.29, 0.717) is 16.3 Å². The summed E-state index contributed by atoms with van der Waals surface area (Å²) in [6.45, 7) is 1.96. The van der Waals surface area contributed by atoms with E-state index in [4.69, 9.17) is 16.3 Å². The number of aliphatic hydroxyl groups is 1. The first-order valence-electron chi connectivity index (χ1n) is 10.1. The molecule has 156 valence electrons. The standard InChI is InChI=1S/C24H24ClNO4/c1-14-6-5-7-15(12-14)21-20(22(27)18-13-16(25)10-11-19(18)30-2)23(28)24(29)26(21)17-8-3-4-9-17/h5-7,10-13,17,21,27H,3-4,8-9H2,1-2H3/b22-20+. The smallest absolute Gasteiger partial charge is 0.295 e. The molecule has 1 atom stereocenters. The maximum atomic E-state index is 13.2. The molecule has 0 radical (unpaired) electrons. The van der Waals surface area contributed by atoms with Gasteiger partial charge in [-0.3, -0.25) is 9.59 Å². The van der Waals surface area contributed by atoms with E-state index in [9.17, 15) is 14.7 Å². The van der Waals surface area contributed by atoms with Crippen LogP contribution in [0.4, 0.5) is 0 Å². The van der Waals surface area contributed by atoms with Crippen LogP contribution in [0.1, 0.15) is 48.4 Å². The highest BCUT2D eigenvalue weighted by Crippen LogP contribution is 2.44. The fraction of sp³-hybridized carbons (Fsp3) is 0.333. The predicted octanol–water partition coefficient (Wildman–Crippen LogP) is 5.02. The molecule has 0 aromatic heterocycles. The normalized spacial score (nSPS) is 21.4. The van der Waals surface area contributed by atoms with Gasteiger partial charge < -0.3 is 14.7 Å². The number of aryl methyl sites for hydroxylation is 1. The van der Waals surface area contributed by atoms with E-state index >= 15 is 0 Å². The molecule has 1 unspecified atom stereocenters. The first-order chi connectivity index (χ1) is 14.4. The minimum atomic E-state index is -0.673. The Balaban J connectivity index is 1.94. The maximum absolute atomic E-state index is 13.2. The molecule has 2 aliphatic rings. The van der Waals surface area contributed by atoms with Crippen LogP contribution >= 0.6 is 11.6 Å². The van der Waals surface area contributed by atoms with Crippen molar-refractivity contribution in [1.29, 1.82) is 0 Å². The molecule has 2 aromatic rings. The molecule has 1 aliphatic heterocycles. The number of nitrogens with zero attached hydrogens (tertiary/aromatic N) is 1. The molecular weight excluding hydrogens is 402 g/mol. The van der Waals surface area contributed by atoms with Crippen molar-refractivity contribution in [3.63, 3.8) is 0 Å². The van der Waals surface area contributed by atoms with Crippen molar-refractivity contribution in [2.75, 3.05) is 7.11 Å². The Morgan fingerprint density at radius 2 is 1.87 bits per heavy atom. The topological polar surface area (TPSA) is 66.8 Å². The number of rotatable bonds is 4. The number of benzene rings is 2. The summed E-state index contributed by atoms with van der Waals surface area (Å²) in [5.74, 6) is -1.12. The Labute approximate surface area is 180 Å².